The Hall–Kier alpha value is -3.17. The number of benzene rings is 2. The lowest BCUT2D eigenvalue weighted by Gasteiger charge is -2.13. The Morgan fingerprint density at radius 2 is 1.73 bits per heavy atom. The van der Waals surface area contributed by atoms with Crippen LogP contribution >= 0.6 is 23.1 Å². The Kier molecular flexibility index (Phi) is 9.00. The normalized spacial score (nSPS) is 14.0. The van der Waals surface area contributed by atoms with E-state index in [4.69, 9.17) is 4.74 Å². The van der Waals surface area contributed by atoms with Crippen LogP contribution in [-0.2, 0) is 22.4 Å². The third kappa shape index (κ3) is 6.78. The molecule has 0 saturated carbocycles. The van der Waals surface area contributed by atoms with E-state index in [1.807, 2.05) is 6.07 Å². The molecule has 2 amide bonds. The summed E-state index contributed by atoms with van der Waals surface area (Å²) in [4.78, 5) is 40.2. The summed E-state index contributed by atoms with van der Waals surface area (Å²) in [5.74, 6) is -1.39. The smallest absolute Gasteiger partial charge is 0.341 e. The molecule has 0 spiro atoms. The topological polar surface area (TPSA) is 84.5 Å². The van der Waals surface area contributed by atoms with E-state index in [9.17, 15) is 18.8 Å². The van der Waals surface area contributed by atoms with E-state index >= 15 is 0 Å². The zero-order chi connectivity index (χ0) is 26.4. The molecule has 1 aliphatic carbocycles. The molecule has 1 atom stereocenters. The quantitative estimate of drug-likeness (QED) is 0.257. The van der Waals surface area contributed by atoms with E-state index in [2.05, 4.69) is 10.6 Å². The van der Waals surface area contributed by atoms with Crippen LogP contribution < -0.4 is 10.6 Å². The molecule has 0 bridgehead atoms. The van der Waals surface area contributed by atoms with Crippen molar-refractivity contribution in [1.29, 1.82) is 0 Å². The van der Waals surface area contributed by atoms with Gasteiger partial charge in [0, 0.05) is 21.0 Å². The van der Waals surface area contributed by atoms with Crippen LogP contribution in [0.3, 0.4) is 0 Å². The standard InChI is InChI=1S/C28H29FN2O4S2/c1-17(36-21-9-7-8-20(16-21)30-26(33)18-12-14-19(29)15-13-18)25(32)31-27-24(28(34)35-2)22-10-5-3-4-6-11-23(22)37-27/h7-9,12-17H,3-6,10-11H2,1-2H3,(H,30,33)(H,31,32). The average molecular weight is 541 g/mol. The molecule has 0 fully saturated rings. The third-order valence-electron chi connectivity index (χ3n) is 6.18. The Morgan fingerprint density at radius 3 is 2.46 bits per heavy atom. The maximum absolute atomic E-state index is 13.1. The van der Waals surface area contributed by atoms with Crippen LogP contribution in [0.2, 0.25) is 0 Å². The van der Waals surface area contributed by atoms with Crippen molar-refractivity contribution in [3.63, 3.8) is 0 Å². The first-order valence-corrected chi connectivity index (χ1v) is 13.9. The molecular weight excluding hydrogens is 511 g/mol. The molecule has 1 aromatic heterocycles. The molecule has 1 aliphatic rings. The van der Waals surface area contributed by atoms with Crippen LogP contribution in [0.15, 0.2) is 53.4 Å². The van der Waals surface area contributed by atoms with E-state index in [0.29, 0.717) is 21.8 Å². The van der Waals surface area contributed by atoms with Crippen molar-refractivity contribution in [3.05, 3.63) is 75.9 Å². The molecule has 4 rings (SSSR count). The number of thiophene rings is 1. The Bertz CT molecular complexity index is 1290. The monoisotopic (exact) mass is 540 g/mol. The average Bonchev–Trinajstić information content (AvgIpc) is 3.19. The molecule has 0 radical (unpaired) electrons. The number of hydrogen-bond acceptors (Lipinski definition) is 6. The second-order valence-electron chi connectivity index (χ2n) is 8.85. The van der Waals surface area contributed by atoms with Crippen molar-refractivity contribution >= 4 is 51.6 Å². The summed E-state index contributed by atoms with van der Waals surface area (Å²) in [6.07, 6.45) is 6.11. The number of ether oxygens (including phenoxy) is 1. The summed E-state index contributed by atoms with van der Waals surface area (Å²) in [5, 5.41) is 5.87. The van der Waals surface area contributed by atoms with Crippen LogP contribution in [0.4, 0.5) is 15.1 Å². The molecule has 6 nitrogen and oxygen atoms in total. The predicted octanol–water partition coefficient (Wildman–Crippen LogP) is 6.70. The zero-order valence-corrected chi connectivity index (χ0v) is 22.4. The lowest BCUT2D eigenvalue weighted by Crippen LogP contribution is -2.23. The highest BCUT2D eigenvalue weighted by molar-refractivity contribution is 8.00. The Labute approximate surface area is 224 Å². The molecular formula is C28H29FN2O4S2. The van der Waals surface area contributed by atoms with Gasteiger partial charge in [-0.2, -0.15) is 0 Å². The fourth-order valence-electron chi connectivity index (χ4n) is 4.25. The van der Waals surface area contributed by atoms with Gasteiger partial charge in [-0.3, -0.25) is 9.59 Å². The van der Waals surface area contributed by atoms with Crippen LogP contribution in [0, 0.1) is 5.82 Å². The highest BCUT2D eigenvalue weighted by Crippen LogP contribution is 2.38. The van der Waals surface area contributed by atoms with Gasteiger partial charge in [0.15, 0.2) is 0 Å². The molecule has 1 heterocycles. The highest BCUT2D eigenvalue weighted by Gasteiger charge is 2.27. The van der Waals surface area contributed by atoms with Crippen molar-refractivity contribution in [2.45, 2.75) is 55.6 Å². The first-order valence-electron chi connectivity index (χ1n) is 12.2. The van der Waals surface area contributed by atoms with Gasteiger partial charge in [0.1, 0.15) is 10.8 Å². The van der Waals surface area contributed by atoms with Gasteiger partial charge in [-0.25, -0.2) is 9.18 Å². The fraction of sp³-hybridized carbons (Fsp3) is 0.321. The van der Waals surface area contributed by atoms with E-state index in [1.165, 1.54) is 60.9 Å². The number of carbonyl (C=O) groups excluding carboxylic acids is 3. The van der Waals surface area contributed by atoms with Crippen molar-refractivity contribution in [1.82, 2.24) is 0 Å². The Balaban J connectivity index is 1.44. The minimum Gasteiger partial charge on any atom is -0.465 e. The van der Waals surface area contributed by atoms with Gasteiger partial charge < -0.3 is 15.4 Å². The summed E-state index contributed by atoms with van der Waals surface area (Å²) in [6.45, 7) is 1.80. The van der Waals surface area contributed by atoms with E-state index < -0.39 is 17.0 Å². The minimum atomic E-state index is -0.460. The predicted molar refractivity (Wildman–Crippen MR) is 146 cm³/mol. The summed E-state index contributed by atoms with van der Waals surface area (Å²) in [7, 11) is 1.36. The van der Waals surface area contributed by atoms with Crippen molar-refractivity contribution in [2.75, 3.05) is 17.7 Å². The van der Waals surface area contributed by atoms with Crippen molar-refractivity contribution in [3.8, 4) is 0 Å². The summed E-state index contributed by atoms with van der Waals surface area (Å²) >= 11 is 2.82. The van der Waals surface area contributed by atoms with Gasteiger partial charge in [-0.05, 0) is 80.6 Å². The van der Waals surface area contributed by atoms with Gasteiger partial charge in [-0.1, -0.05) is 18.9 Å². The first-order chi connectivity index (χ1) is 17.9. The number of fused-ring (bicyclic) bond motifs is 1. The van der Waals surface area contributed by atoms with Crippen molar-refractivity contribution < 1.29 is 23.5 Å². The second kappa shape index (κ2) is 12.4. The SMILES string of the molecule is COC(=O)c1c(NC(=O)C(C)Sc2cccc(NC(=O)c3ccc(F)cc3)c2)sc2c1CCCCCC2. The number of aryl methyl sites for hydroxylation is 1. The molecule has 9 heteroatoms. The number of carbonyl (C=O) groups is 3. The summed E-state index contributed by atoms with van der Waals surface area (Å²) in [5.41, 5.74) is 2.41. The molecule has 3 aromatic rings. The van der Waals surface area contributed by atoms with Gasteiger partial charge in [0.2, 0.25) is 5.91 Å². The number of hydrogen-bond donors (Lipinski definition) is 2. The zero-order valence-electron chi connectivity index (χ0n) is 20.8. The molecule has 0 aliphatic heterocycles. The molecule has 2 N–H and O–H groups in total. The molecule has 2 aromatic carbocycles. The van der Waals surface area contributed by atoms with E-state index in [0.717, 1.165) is 47.4 Å². The number of nitrogens with one attached hydrogen (secondary N) is 2. The van der Waals surface area contributed by atoms with Gasteiger partial charge >= 0.3 is 5.97 Å². The number of methoxy groups -OCH3 is 1. The fourth-order valence-corrected chi connectivity index (χ4v) is 6.46. The van der Waals surface area contributed by atoms with Gasteiger partial charge in [0.25, 0.3) is 5.91 Å². The van der Waals surface area contributed by atoms with Gasteiger partial charge in [-0.15, -0.1) is 23.1 Å². The number of anilines is 2. The van der Waals surface area contributed by atoms with Gasteiger partial charge in [0.05, 0.1) is 17.9 Å². The van der Waals surface area contributed by atoms with Crippen LogP contribution in [0.5, 0.6) is 0 Å². The van der Waals surface area contributed by atoms with Crippen LogP contribution in [0.1, 0.15) is 63.8 Å². The number of amides is 2. The number of thioether (sulfide) groups is 1. The molecule has 0 saturated heterocycles. The van der Waals surface area contributed by atoms with Crippen molar-refractivity contribution in [2.24, 2.45) is 0 Å². The summed E-state index contributed by atoms with van der Waals surface area (Å²) < 4.78 is 18.2. The highest BCUT2D eigenvalue weighted by atomic mass is 32.2. The third-order valence-corrected chi connectivity index (χ3v) is 8.48. The van der Waals surface area contributed by atoms with Crippen LogP contribution in [0.25, 0.3) is 0 Å². The number of rotatable bonds is 7. The van der Waals surface area contributed by atoms with Crippen LogP contribution in [-0.4, -0.2) is 30.1 Å². The minimum absolute atomic E-state index is 0.217. The largest absolute Gasteiger partial charge is 0.465 e. The number of esters is 1. The van der Waals surface area contributed by atoms with E-state index in [-0.39, 0.29) is 11.8 Å². The molecule has 1 unspecified atom stereocenters. The number of halogens is 1. The second-order valence-corrected chi connectivity index (χ2v) is 11.4. The molecule has 194 valence electrons. The first kappa shape index (κ1) is 26.9. The van der Waals surface area contributed by atoms with E-state index in [1.54, 1.807) is 25.1 Å². The maximum atomic E-state index is 13.1. The maximum Gasteiger partial charge on any atom is 0.341 e. The lowest BCUT2D eigenvalue weighted by atomic mass is 9.96. The lowest BCUT2D eigenvalue weighted by molar-refractivity contribution is -0.115. The summed E-state index contributed by atoms with van der Waals surface area (Å²) in [6, 6.07) is 12.5. The molecule has 37 heavy (non-hydrogen) atoms. The Morgan fingerprint density at radius 1 is 1.00 bits per heavy atom.